The summed E-state index contributed by atoms with van der Waals surface area (Å²) in [5.41, 5.74) is 5.65. The summed E-state index contributed by atoms with van der Waals surface area (Å²) in [5, 5.41) is 5.12. The van der Waals surface area contributed by atoms with Crippen molar-refractivity contribution in [1.82, 2.24) is 0 Å². The molecule has 0 saturated heterocycles. The van der Waals surface area contributed by atoms with Gasteiger partial charge >= 0.3 is 12.1 Å². The number of rotatable bonds is 6. The van der Waals surface area contributed by atoms with Crippen LogP contribution in [-0.2, 0) is 4.74 Å². The zero-order valence-electron chi connectivity index (χ0n) is 15.7. The van der Waals surface area contributed by atoms with E-state index in [2.05, 4.69) is 10.6 Å². The number of thiocarbonyl (C=S) groups is 1. The number of alkyl halides is 3. The Hall–Kier alpha value is -2.50. The van der Waals surface area contributed by atoms with E-state index in [4.69, 9.17) is 50.6 Å². The highest BCUT2D eigenvalue weighted by Crippen LogP contribution is 2.33. The van der Waals surface area contributed by atoms with Crippen molar-refractivity contribution in [2.45, 2.75) is 13.1 Å². The molecule has 2 aromatic rings. The summed E-state index contributed by atoms with van der Waals surface area (Å²) in [4.78, 5) is 12.2. The lowest BCUT2D eigenvalue weighted by Gasteiger charge is -2.18. The van der Waals surface area contributed by atoms with Gasteiger partial charge in [-0.15, -0.1) is 0 Å². The minimum absolute atomic E-state index is 0.0216. The number of nitrogens with two attached hydrogens (primary N) is 1. The molecule has 0 saturated carbocycles. The van der Waals surface area contributed by atoms with Gasteiger partial charge in [-0.25, -0.2) is 9.18 Å². The summed E-state index contributed by atoms with van der Waals surface area (Å²) in [6, 6.07) is 4.18. The topological polar surface area (TPSA) is 85.6 Å². The van der Waals surface area contributed by atoms with E-state index in [1.54, 1.807) is 0 Å². The van der Waals surface area contributed by atoms with Crippen LogP contribution in [0, 0.1) is 5.82 Å². The SMILES string of the molecule is CCOC(=O)c1cc(NC(=S)Nc2c(Cl)cc(F)cc2Cl)c(N)cc1OCC(F)(F)F. The monoisotopic (exact) mass is 499 g/mol. The molecule has 0 spiro atoms. The number of esters is 1. The first-order valence-corrected chi connectivity index (χ1v) is 9.60. The smallest absolute Gasteiger partial charge is 0.422 e. The molecule has 0 heterocycles. The fourth-order valence-electron chi connectivity index (χ4n) is 2.28. The molecule has 0 amide bonds. The van der Waals surface area contributed by atoms with Crippen molar-refractivity contribution >= 4 is 63.6 Å². The predicted molar refractivity (Wildman–Crippen MR) is 115 cm³/mol. The van der Waals surface area contributed by atoms with E-state index in [-0.39, 0.29) is 44.4 Å². The third-order valence-electron chi connectivity index (χ3n) is 3.53. The first-order valence-electron chi connectivity index (χ1n) is 8.44. The fourth-order valence-corrected chi connectivity index (χ4v) is 3.05. The molecular weight excluding hydrogens is 485 g/mol. The number of carbonyl (C=O) groups is 1. The Bertz CT molecular complexity index is 983. The molecule has 0 fully saturated rings. The number of ether oxygens (including phenoxy) is 2. The molecule has 2 rings (SSSR count). The van der Waals surface area contributed by atoms with Gasteiger partial charge in [0.25, 0.3) is 0 Å². The van der Waals surface area contributed by atoms with Crippen molar-refractivity contribution < 1.29 is 31.8 Å². The molecular formula is C18H15Cl2F4N3O3S. The van der Waals surface area contributed by atoms with Gasteiger partial charge in [0.2, 0.25) is 0 Å². The minimum atomic E-state index is -4.63. The Morgan fingerprint density at radius 2 is 1.77 bits per heavy atom. The maximum Gasteiger partial charge on any atom is 0.422 e. The Balaban J connectivity index is 2.30. The lowest BCUT2D eigenvalue weighted by Crippen LogP contribution is -2.22. The van der Waals surface area contributed by atoms with Crippen LogP contribution in [0.3, 0.4) is 0 Å². The minimum Gasteiger partial charge on any atom is -0.483 e. The summed E-state index contributed by atoms with van der Waals surface area (Å²) in [6.45, 7) is -0.126. The molecule has 0 aliphatic rings. The number of hydrogen-bond acceptors (Lipinski definition) is 5. The van der Waals surface area contributed by atoms with Crippen molar-refractivity contribution in [2.24, 2.45) is 0 Å². The van der Waals surface area contributed by atoms with E-state index in [0.717, 1.165) is 24.3 Å². The van der Waals surface area contributed by atoms with Gasteiger partial charge in [0, 0.05) is 6.07 Å². The highest BCUT2D eigenvalue weighted by molar-refractivity contribution is 7.80. The van der Waals surface area contributed by atoms with Gasteiger partial charge in [-0.2, -0.15) is 13.2 Å². The number of halogens is 6. The lowest BCUT2D eigenvalue weighted by atomic mass is 10.1. The molecule has 0 aliphatic carbocycles. The Morgan fingerprint density at radius 1 is 1.16 bits per heavy atom. The maximum absolute atomic E-state index is 13.3. The van der Waals surface area contributed by atoms with E-state index in [1.165, 1.54) is 6.92 Å². The van der Waals surface area contributed by atoms with Gasteiger partial charge in [-0.05, 0) is 37.3 Å². The number of carbonyl (C=O) groups excluding carboxylic acids is 1. The fraction of sp³-hybridized carbons (Fsp3) is 0.222. The summed E-state index contributed by atoms with van der Waals surface area (Å²) in [6.07, 6.45) is -4.63. The van der Waals surface area contributed by atoms with Gasteiger partial charge in [0.15, 0.2) is 11.7 Å². The lowest BCUT2D eigenvalue weighted by molar-refractivity contribution is -0.153. The van der Waals surface area contributed by atoms with E-state index >= 15 is 0 Å². The molecule has 31 heavy (non-hydrogen) atoms. The third-order valence-corrected chi connectivity index (χ3v) is 4.33. The summed E-state index contributed by atoms with van der Waals surface area (Å²) < 4.78 is 60.4. The van der Waals surface area contributed by atoms with Gasteiger partial charge in [0.1, 0.15) is 17.1 Å². The van der Waals surface area contributed by atoms with Crippen LogP contribution in [0.1, 0.15) is 17.3 Å². The van der Waals surface area contributed by atoms with E-state index in [9.17, 15) is 22.4 Å². The number of anilines is 3. The molecule has 2 aromatic carbocycles. The molecule has 4 N–H and O–H groups in total. The molecule has 0 bridgehead atoms. The molecule has 168 valence electrons. The van der Waals surface area contributed by atoms with Gasteiger partial charge in [-0.1, -0.05) is 23.2 Å². The molecule has 0 aromatic heterocycles. The van der Waals surface area contributed by atoms with E-state index in [0.29, 0.717) is 0 Å². The Morgan fingerprint density at radius 3 is 2.32 bits per heavy atom. The number of benzene rings is 2. The molecule has 0 atom stereocenters. The summed E-state index contributed by atoms with van der Waals surface area (Å²) in [5.74, 6) is -1.99. The quantitative estimate of drug-likeness (QED) is 0.205. The highest BCUT2D eigenvalue weighted by atomic mass is 35.5. The average molecular weight is 500 g/mol. The van der Waals surface area contributed by atoms with Crippen molar-refractivity contribution in [3.05, 3.63) is 45.7 Å². The Labute approximate surface area is 189 Å². The summed E-state index contributed by atoms with van der Waals surface area (Å²) >= 11 is 17.0. The van der Waals surface area contributed by atoms with Gasteiger partial charge in [0.05, 0.1) is 33.7 Å². The largest absolute Gasteiger partial charge is 0.483 e. The number of hydrogen-bond donors (Lipinski definition) is 3. The average Bonchev–Trinajstić information content (AvgIpc) is 2.64. The maximum atomic E-state index is 13.3. The van der Waals surface area contributed by atoms with Crippen LogP contribution < -0.4 is 21.1 Å². The van der Waals surface area contributed by atoms with Crippen LogP contribution in [-0.4, -0.2) is 30.5 Å². The highest BCUT2D eigenvalue weighted by Gasteiger charge is 2.30. The van der Waals surface area contributed by atoms with Crippen molar-refractivity contribution in [1.29, 1.82) is 0 Å². The predicted octanol–water partition coefficient (Wildman–Crippen LogP) is 5.64. The number of nitrogens with one attached hydrogen (secondary N) is 2. The molecule has 13 heteroatoms. The molecule has 0 radical (unpaired) electrons. The second-order valence-corrected chi connectivity index (χ2v) is 7.11. The first-order chi connectivity index (χ1) is 14.4. The standard InChI is InChI=1S/C18H15Cl2F4N3O3S/c1-2-29-16(28)9-5-13(12(25)6-14(9)30-7-18(22,23)24)26-17(31)27-15-10(19)3-8(21)4-11(15)20/h3-6H,2,7,25H2,1H3,(H2,26,27,31). The van der Waals surface area contributed by atoms with Gasteiger partial charge < -0.3 is 25.8 Å². The van der Waals surface area contributed by atoms with Crippen LogP contribution in [0.4, 0.5) is 34.6 Å². The van der Waals surface area contributed by atoms with Crippen molar-refractivity contribution in [3.63, 3.8) is 0 Å². The van der Waals surface area contributed by atoms with E-state index < -0.39 is 30.3 Å². The zero-order chi connectivity index (χ0) is 23.3. The van der Waals surface area contributed by atoms with Crippen molar-refractivity contribution in [2.75, 3.05) is 29.6 Å². The summed E-state index contributed by atoms with van der Waals surface area (Å²) in [7, 11) is 0. The normalized spacial score (nSPS) is 11.1. The second kappa shape index (κ2) is 10.2. The van der Waals surface area contributed by atoms with Gasteiger partial charge in [-0.3, -0.25) is 0 Å². The van der Waals surface area contributed by atoms with Crippen LogP contribution in [0.5, 0.6) is 5.75 Å². The van der Waals surface area contributed by atoms with Crippen molar-refractivity contribution in [3.8, 4) is 5.75 Å². The third kappa shape index (κ3) is 7.01. The van der Waals surface area contributed by atoms with E-state index in [1.807, 2.05) is 0 Å². The Kier molecular flexibility index (Phi) is 8.15. The van der Waals surface area contributed by atoms with Crippen LogP contribution >= 0.6 is 35.4 Å². The van der Waals surface area contributed by atoms with Crippen LogP contribution in [0.2, 0.25) is 10.0 Å². The molecule has 0 unspecified atom stereocenters. The molecule has 6 nitrogen and oxygen atoms in total. The molecule has 0 aliphatic heterocycles. The van der Waals surface area contributed by atoms with Crippen LogP contribution in [0.15, 0.2) is 24.3 Å². The number of nitrogen functional groups attached to an aromatic ring is 1. The first kappa shape index (κ1) is 24.8. The second-order valence-electron chi connectivity index (χ2n) is 5.88. The van der Waals surface area contributed by atoms with Crippen LogP contribution in [0.25, 0.3) is 0 Å². The zero-order valence-corrected chi connectivity index (χ0v) is 18.0.